The molecule has 0 unspecified atom stereocenters. The van der Waals surface area contributed by atoms with E-state index in [-0.39, 0.29) is 24.0 Å². The third kappa shape index (κ3) is 3.67. The molecule has 2 heterocycles. The Morgan fingerprint density at radius 1 is 1.31 bits per heavy atom. The lowest BCUT2D eigenvalue weighted by molar-refractivity contribution is -0.274. The topological polar surface area (TPSA) is 65.4 Å². The molecule has 0 saturated carbocycles. The fourth-order valence-corrected chi connectivity index (χ4v) is 3.82. The Morgan fingerprint density at radius 2 is 2.04 bits per heavy atom. The SMILES string of the molecule is CN1C(=N)N[C@](C)(c2ccc(-c3cccc(OC(F)(F)F)c3)s2)CC1=O. The van der Waals surface area contributed by atoms with Gasteiger partial charge in [0.1, 0.15) is 5.75 Å². The molecular formula is C17H16F3N3O2S. The summed E-state index contributed by atoms with van der Waals surface area (Å²) >= 11 is 1.36. The van der Waals surface area contributed by atoms with E-state index in [0.29, 0.717) is 5.56 Å². The van der Waals surface area contributed by atoms with Gasteiger partial charge in [-0.2, -0.15) is 0 Å². The van der Waals surface area contributed by atoms with E-state index >= 15 is 0 Å². The minimum absolute atomic E-state index is 0.0132. The summed E-state index contributed by atoms with van der Waals surface area (Å²) in [6, 6.07) is 9.34. The van der Waals surface area contributed by atoms with Crippen LogP contribution in [-0.4, -0.2) is 30.2 Å². The van der Waals surface area contributed by atoms with E-state index in [9.17, 15) is 18.0 Å². The second kappa shape index (κ2) is 6.31. The van der Waals surface area contributed by atoms with Gasteiger partial charge in [-0.3, -0.25) is 15.1 Å². The minimum atomic E-state index is -4.74. The molecule has 1 atom stereocenters. The third-order valence-electron chi connectivity index (χ3n) is 4.11. The summed E-state index contributed by atoms with van der Waals surface area (Å²) in [6.45, 7) is 1.82. The largest absolute Gasteiger partial charge is 0.573 e. The zero-order chi connectivity index (χ0) is 19.1. The Balaban J connectivity index is 1.88. The van der Waals surface area contributed by atoms with Crippen LogP contribution in [-0.2, 0) is 10.3 Å². The van der Waals surface area contributed by atoms with Crippen LogP contribution in [0.2, 0.25) is 0 Å². The Morgan fingerprint density at radius 3 is 2.69 bits per heavy atom. The average molecular weight is 383 g/mol. The zero-order valence-corrected chi connectivity index (χ0v) is 14.8. The van der Waals surface area contributed by atoms with Crippen molar-refractivity contribution in [2.24, 2.45) is 0 Å². The van der Waals surface area contributed by atoms with Crippen LogP contribution in [0.15, 0.2) is 36.4 Å². The highest BCUT2D eigenvalue weighted by molar-refractivity contribution is 7.15. The van der Waals surface area contributed by atoms with E-state index in [4.69, 9.17) is 5.41 Å². The number of hydrogen-bond acceptors (Lipinski definition) is 4. The number of amides is 1. The van der Waals surface area contributed by atoms with Gasteiger partial charge in [0.2, 0.25) is 5.91 Å². The predicted octanol–water partition coefficient (Wildman–Crippen LogP) is 3.92. The van der Waals surface area contributed by atoms with Crippen molar-refractivity contribution in [2.45, 2.75) is 25.2 Å². The van der Waals surface area contributed by atoms with Crippen molar-refractivity contribution in [1.29, 1.82) is 5.41 Å². The fraction of sp³-hybridized carbons (Fsp3) is 0.294. The van der Waals surface area contributed by atoms with Crippen LogP contribution in [0.3, 0.4) is 0 Å². The van der Waals surface area contributed by atoms with Crippen molar-refractivity contribution >= 4 is 23.2 Å². The van der Waals surface area contributed by atoms with Crippen molar-refractivity contribution in [3.8, 4) is 16.2 Å². The number of guanidine groups is 1. The molecule has 3 rings (SSSR count). The summed E-state index contributed by atoms with van der Waals surface area (Å²) in [4.78, 5) is 14.9. The highest BCUT2D eigenvalue weighted by Gasteiger charge is 2.39. The molecule has 5 nitrogen and oxygen atoms in total. The number of halogens is 3. The smallest absolute Gasteiger partial charge is 0.406 e. The van der Waals surface area contributed by atoms with E-state index in [2.05, 4.69) is 10.1 Å². The minimum Gasteiger partial charge on any atom is -0.406 e. The zero-order valence-electron chi connectivity index (χ0n) is 14.0. The van der Waals surface area contributed by atoms with Crippen LogP contribution < -0.4 is 10.1 Å². The number of benzene rings is 1. The molecule has 1 fully saturated rings. The first-order valence-electron chi connectivity index (χ1n) is 7.67. The highest BCUT2D eigenvalue weighted by Crippen LogP contribution is 2.38. The first-order valence-corrected chi connectivity index (χ1v) is 8.49. The molecule has 26 heavy (non-hydrogen) atoms. The molecule has 0 spiro atoms. The number of carbonyl (C=O) groups is 1. The number of hydrogen-bond donors (Lipinski definition) is 2. The van der Waals surface area contributed by atoms with Gasteiger partial charge >= 0.3 is 6.36 Å². The maximum absolute atomic E-state index is 12.4. The van der Waals surface area contributed by atoms with Crippen LogP contribution in [0, 0.1) is 5.41 Å². The number of nitrogens with one attached hydrogen (secondary N) is 2. The Labute approximate surface area is 151 Å². The van der Waals surface area contributed by atoms with Crippen molar-refractivity contribution in [3.05, 3.63) is 41.3 Å². The Bertz CT molecular complexity index is 845. The maximum Gasteiger partial charge on any atom is 0.573 e. The molecule has 1 aromatic heterocycles. The number of alkyl halides is 3. The summed E-state index contributed by atoms with van der Waals surface area (Å²) < 4.78 is 41.1. The number of nitrogens with zero attached hydrogens (tertiary/aromatic N) is 1. The third-order valence-corrected chi connectivity index (χ3v) is 5.51. The van der Waals surface area contributed by atoms with Gasteiger partial charge in [-0.15, -0.1) is 24.5 Å². The first-order chi connectivity index (χ1) is 12.1. The lowest BCUT2D eigenvalue weighted by atomic mass is 9.93. The monoisotopic (exact) mass is 383 g/mol. The lowest BCUT2D eigenvalue weighted by Gasteiger charge is -2.38. The van der Waals surface area contributed by atoms with Crippen LogP contribution >= 0.6 is 11.3 Å². The van der Waals surface area contributed by atoms with Gasteiger partial charge in [-0.25, -0.2) is 0 Å². The van der Waals surface area contributed by atoms with Gasteiger partial charge in [-0.05, 0) is 36.8 Å². The van der Waals surface area contributed by atoms with Crippen LogP contribution in [0.1, 0.15) is 18.2 Å². The van der Waals surface area contributed by atoms with Crippen molar-refractivity contribution in [1.82, 2.24) is 10.2 Å². The summed E-state index contributed by atoms with van der Waals surface area (Å²) in [5.74, 6) is -0.448. The maximum atomic E-state index is 12.4. The van der Waals surface area contributed by atoms with Gasteiger partial charge in [0.25, 0.3) is 0 Å². The molecule has 2 N–H and O–H groups in total. The molecular weight excluding hydrogens is 367 g/mol. The number of ether oxygens (including phenoxy) is 1. The molecule has 0 radical (unpaired) electrons. The van der Waals surface area contributed by atoms with Crippen molar-refractivity contribution < 1.29 is 22.7 Å². The molecule has 1 amide bonds. The van der Waals surface area contributed by atoms with Crippen LogP contribution in [0.4, 0.5) is 13.2 Å². The highest BCUT2D eigenvalue weighted by atomic mass is 32.1. The quantitative estimate of drug-likeness (QED) is 0.845. The standard InChI is InChI=1S/C17H16F3N3O2S/c1-16(9-14(24)23(2)15(21)22-16)13-7-6-12(26-13)10-4-3-5-11(8-10)25-17(18,19)20/h3-8H,9H2,1-2H3,(H2,21,22)/t16-/m0/s1. The fourth-order valence-electron chi connectivity index (χ4n) is 2.72. The molecule has 0 bridgehead atoms. The summed E-state index contributed by atoms with van der Waals surface area (Å²) in [7, 11) is 1.53. The molecule has 1 aromatic carbocycles. The van der Waals surface area contributed by atoms with E-state index in [1.165, 1.54) is 41.5 Å². The Hall–Kier alpha value is -2.55. The first kappa shape index (κ1) is 18.2. The molecule has 9 heteroatoms. The summed E-state index contributed by atoms with van der Waals surface area (Å²) in [5.41, 5.74) is -0.148. The second-order valence-corrected chi connectivity index (χ2v) is 7.26. The predicted molar refractivity (Wildman–Crippen MR) is 92.0 cm³/mol. The molecule has 138 valence electrons. The number of thiophene rings is 1. The van der Waals surface area contributed by atoms with Crippen LogP contribution in [0.5, 0.6) is 5.75 Å². The summed E-state index contributed by atoms with van der Waals surface area (Å²) in [5, 5.41) is 10.9. The second-order valence-electron chi connectivity index (χ2n) is 6.17. The van der Waals surface area contributed by atoms with Crippen molar-refractivity contribution in [3.63, 3.8) is 0 Å². The van der Waals surface area contributed by atoms with Crippen molar-refractivity contribution in [2.75, 3.05) is 7.05 Å². The number of carbonyl (C=O) groups excluding carboxylic acids is 1. The van der Waals surface area contributed by atoms with Gasteiger partial charge in [0.15, 0.2) is 5.96 Å². The van der Waals surface area contributed by atoms with Gasteiger partial charge < -0.3 is 10.1 Å². The summed E-state index contributed by atoms with van der Waals surface area (Å²) in [6.07, 6.45) is -4.56. The molecule has 2 aromatic rings. The van der Waals surface area contributed by atoms with E-state index in [1.807, 2.05) is 13.0 Å². The Kier molecular flexibility index (Phi) is 4.43. The van der Waals surface area contributed by atoms with E-state index in [1.54, 1.807) is 12.1 Å². The molecule has 1 aliphatic rings. The normalized spacial score (nSPS) is 20.9. The molecule has 1 aliphatic heterocycles. The molecule has 1 saturated heterocycles. The van der Waals surface area contributed by atoms with E-state index in [0.717, 1.165) is 9.75 Å². The van der Waals surface area contributed by atoms with Gasteiger partial charge in [0, 0.05) is 16.8 Å². The van der Waals surface area contributed by atoms with Crippen LogP contribution in [0.25, 0.3) is 10.4 Å². The van der Waals surface area contributed by atoms with Gasteiger partial charge in [0.05, 0.1) is 12.0 Å². The van der Waals surface area contributed by atoms with Gasteiger partial charge in [-0.1, -0.05) is 12.1 Å². The molecule has 0 aliphatic carbocycles. The lowest BCUT2D eigenvalue weighted by Crippen LogP contribution is -2.57. The number of rotatable bonds is 3. The van der Waals surface area contributed by atoms with E-state index < -0.39 is 11.9 Å². The average Bonchev–Trinajstić information content (AvgIpc) is 3.02.